The number of phenols is 1. The van der Waals surface area contributed by atoms with Gasteiger partial charge in [0.05, 0.1) is 0 Å². The van der Waals surface area contributed by atoms with Gasteiger partial charge >= 0.3 is 0 Å². The first-order valence-electron chi connectivity index (χ1n) is 6.48. The third-order valence-electron chi connectivity index (χ3n) is 3.39. The summed E-state index contributed by atoms with van der Waals surface area (Å²) in [6.45, 7) is 4.09. The lowest BCUT2D eigenvalue weighted by atomic mass is 10.1. The Morgan fingerprint density at radius 3 is 2.50 bits per heavy atom. The van der Waals surface area contributed by atoms with E-state index in [4.69, 9.17) is 0 Å². The predicted molar refractivity (Wildman–Crippen MR) is 83.9 cm³/mol. The molecule has 0 fully saturated rings. The van der Waals surface area contributed by atoms with Crippen molar-refractivity contribution in [1.29, 1.82) is 0 Å². The van der Waals surface area contributed by atoms with Crippen LogP contribution in [-0.4, -0.2) is 10.2 Å². The van der Waals surface area contributed by atoms with E-state index in [2.05, 4.69) is 41.7 Å². The molecule has 1 atom stereocenters. The van der Waals surface area contributed by atoms with Gasteiger partial charge in [-0.05, 0) is 19.9 Å². The summed E-state index contributed by atoms with van der Waals surface area (Å²) in [7, 11) is 0. The van der Waals surface area contributed by atoms with Gasteiger partial charge in [0, 0.05) is 11.1 Å². The van der Waals surface area contributed by atoms with E-state index in [1.165, 1.54) is 5.56 Å². The van der Waals surface area contributed by atoms with Gasteiger partial charge in [-0.1, -0.05) is 59.8 Å². The normalized spacial score (nSPS) is 21.4. The van der Waals surface area contributed by atoms with E-state index in [0.717, 1.165) is 16.2 Å². The Labute approximate surface area is 122 Å². The Balaban J connectivity index is 1.88. The molecule has 3 rings (SSSR count). The zero-order chi connectivity index (χ0) is 14.2. The van der Waals surface area contributed by atoms with Crippen molar-refractivity contribution in [3.63, 3.8) is 0 Å². The second kappa shape index (κ2) is 4.87. The molecule has 102 valence electrons. The molecule has 2 N–H and O–H groups in total. The van der Waals surface area contributed by atoms with Crippen LogP contribution >= 0.6 is 11.8 Å². The third kappa shape index (κ3) is 2.27. The van der Waals surface area contributed by atoms with Crippen molar-refractivity contribution in [2.75, 3.05) is 0 Å². The molecule has 0 aromatic heterocycles. The largest absolute Gasteiger partial charge is 0.508 e. The molecule has 4 heteroatoms. The zero-order valence-electron chi connectivity index (χ0n) is 11.4. The van der Waals surface area contributed by atoms with E-state index >= 15 is 0 Å². The topological polar surface area (TPSA) is 44.6 Å². The molecule has 0 bridgehead atoms. The lowest BCUT2D eigenvalue weighted by Crippen LogP contribution is -2.28. The average molecular weight is 284 g/mol. The summed E-state index contributed by atoms with van der Waals surface area (Å²) in [5.74, 6) is 0.287. The summed E-state index contributed by atoms with van der Waals surface area (Å²) in [5.41, 5.74) is 6.31. The van der Waals surface area contributed by atoms with Crippen LogP contribution in [0.1, 0.15) is 23.6 Å². The molecule has 3 nitrogen and oxygen atoms in total. The molecular weight excluding hydrogens is 268 g/mol. The van der Waals surface area contributed by atoms with Gasteiger partial charge in [0.2, 0.25) is 0 Å². The van der Waals surface area contributed by atoms with Gasteiger partial charge in [-0.2, -0.15) is 5.10 Å². The molecule has 0 spiro atoms. The Bertz CT molecular complexity index is 666. The molecule has 2 aromatic carbocycles. The van der Waals surface area contributed by atoms with Crippen LogP contribution < -0.4 is 5.43 Å². The number of para-hydroxylation sites is 1. The van der Waals surface area contributed by atoms with Crippen LogP contribution in [-0.2, 0) is 4.87 Å². The number of benzene rings is 2. The molecular formula is C16H16N2OS. The minimum Gasteiger partial charge on any atom is -0.508 e. The quantitative estimate of drug-likeness (QED) is 0.886. The highest BCUT2D eigenvalue weighted by Gasteiger charge is 2.36. The third-order valence-corrected chi connectivity index (χ3v) is 4.63. The van der Waals surface area contributed by atoms with Crippen molar-refractivity contribution in [3.8, 4) is 5.75 Å². The summed E-state index contributed by atoms with van der Waals surface area (Å²) in [4.78, 5) is -0.439. The summed E-state index contributed by atoms with van der Waals surface area (Å²) in [6, 6.07) is 15.7. The van der Waals surface area contributed by atoms with Crippen molar-refractivity contribution in [2.24, 2.45) is 5.10 Å². The molecule has 0 saturated carbocycles. The monoisotopic (exact) mass is 284 g/mol. The van der Waals surface area contributed by atoms with Crippen molar-refractivity contribution in [1.82, 2.24) is 5.43 Å². The number of nitrogens with zero attached hydrogens (tertiary/aromatic N) is 1. The smallest absolute Gasteiger partial charge is 0.132 e. The molecule has 0 saturated heterocycles. The summed E-state index contributed by atoms with van der Waals surface area (Å²) >= 11 is 1.62. The highest BCUT2D eigenvalue weighted by Crippen LogP contribution is 2.43. The number of aryl methyl sites for hydroxylation is 1. The lowest BCUT2D eigenvalue weighted by Gasteiger charge is -2.24. The summed E-state index contributed by atoms with van der Waals surface area (Å²) in [6.07, 6.45) is 0. The number of hydrazone groups is 1. The van der Waals surface area contributed by atoms with Gasteiger partial charge in [0.15, 0.2) is 0 Å². The lowest BCUT2D eigenvalue weighted by molar-refractivity contribution is 0.447. The van der Waals surface area contributed by atoms with Gasteiger partial charge in [-0.3, -0.25) is 5.43 Å². The minimum atomic E-state index is -0.439. The fourth-order valence-corrected chi connectivity index (χ4v) is 3.31. The van der Waals surface area contributed by atoms with Crippen LogP contribution in [0.3, 0.4) is 0 Å². The number of hydrogen-bond acceptors (Lipinski definition) is 4. The molecule has 1 aliphatic rings. The zero-order valence-corrected chi connectivity index (χ0v) is 12.2. The van der Waals surface area contributed by atoms with Crippen molar-refractivity contribution >= 4 is 16.8 Å². The van der Waals surface area contributed by atoms with Gasteiger partial charge in [-0.25, -0.2) is 0 Å². The molecule has 1 heterocycles. The maximum Gasteiger partial charge on any atom is 0.132 e. The van der Waals surface area contributed by atoms with Crippen molar-refractivity contribution < 1.29 is 5.11 Å². The van der Waals surface area contributed by atoms with Gasteiger partial charge in [0.25, 0.3) is 0 Å². The summed E-state index contributed by atoms with van der Waals surface area (Å²) < 4.78 is 0. The fraction of sp³-hybridized carbons (Fsp3) is 0.188. The fourth-order valence-electron chi connectivity index (χ4n) is 2.21. The van der Waals surface area contributed by atoms with Crippen LogP contribution in [0.15, 0.2) is 53.6 Å². The number of phenolic OH excluding ortho intramolecular Hbond substituents is 1. The molecule has 1 aliphatic heterocycles. The standard InChI is InChI=1S/C16H16N2OS/c1-11-7-9-12(10-8-11)15-17-18-16(2,20-15)13-5-3-4-6-14(13)19/h3-10,18-19H,1-2H3. The second-order valence-electron chi connectivity index (χ2n) is 5.05. The minimum absolute atomic E-state index is 0.287. The molecule has 0 amide bonds. The highest BCUT2D eigenvalue weighted by molar-refractivity contribution is 8.15. The van der Waals surface area contributed by atoms with Crippen LogP contribution in [0.5, 0.6) is 5.75 Å². The number of hydrogen-bond donors (Lipinski definition) is 2. The summed E-state index contributed by atoms with van der Waals surface area (Å²) in [5, 5.41) is 15.4. The Hall–Kier alpha value is -1.94. The number of thioether (sulfide) groups is 1. The molecule has 20 heavy (non-hydrogen) atoms. The van der Waals surface area contributed by atoms with Crippen LogP contribution in [0.2, 0.25) is 0 Å². The molecule has 1 unspecified atom stereocenters. The number of rotatable bonds is 2. The number of aromatic hydroxyl groups is 1. The van der Waals surface area contributed by atoms with Crippen molar-refractivity contribution in [3.05, 3.63) is 65.2 Å². The molecule has 0 aliphatic carbocycles. The number of nitrogens with one attached hydrogen (secondary N) is 1. The highest BCUT2D eigenvalue weighted by atomic mass is 32.2. The van der Waals surface area contributed by atoms with E-state index in [1.807, 2.05) is 25.1 Å². The molecule has 0 radical (unpaired) electrons. The van der Waals surface area contributed by atoms with Crippen LogP contribution in [0.4, 0.5) is 0 Å². The predicted octanol–water partition coefficient (Wildman–Crippen LogP) is 3.57. The SMILES string of the molecule is Cc1ccc(C2=NNC(C)(c3ccccc3O)S2)cc1. The van der Waals surface area contributed by atoms with Crippen molar-refractivity contribution in [2.45, 2.75) is 18.7 Å². The first kappa shape index (κ1) is 13.1. The maximum absolute atomic E-state index is 10.0. The van der Waals surface area contributed by atoms with Crippen LogP contribution in [0, 0.1) is 6.92 Å². The second-order valence-corrected chi connectivity index (χ2v) is 6.45. The van der Waals surface area contributed by atoms with E-state index < -0.39 is 4.87 Å². The van der Waals surface area contributed by atoms with Gasteiger partial charge in [-0.15, -0.1) is 0 Å². The van der Waals surface area contributed by atoms with E-state index in [9.17, 15) is 5.11 Å². The van der Waals surface area contributed by atoms with Crippen LogP contribution in [0.25, 0.3) is 0 Å². The first-order chi connectivity index (χ1) is 9.58. The average Bonchev–Trinajstić information content (AvgIpc) is 2.84. The Kier molecular flexibility index (Phi) is 3.18. The maximum atomic E-state index is 10.0. The van der Waals surface area contributed by atoms with Gasteiger partial charge < -0.3 is 5.11 Å². The van der Waals surface area contributed by atoms with E-state index in [0.29, 0.717) is 0 Å². The Morgan fingerprint density at radius 1 is 1.10 bits per heavy atom. The molecule has 2 aromatic rings. The first-order valence-corrected chi connectivity index (χ1v) is 7.29. The Morgan fingerprint density at radius 2 is 1.80 bits per heavy atom. The van der Waals surface area contributed by atoms with E-state index in [-0.39, 0.29) is 5.75 Å². The van der Waals surface area contributed by atoms with Gasteiger partial charge in [0.1, 0.15) is 15.7 Å². The van der Waals surface area contributed by atoms with E-state index in [1.54, 1.807) is 17.8 Å².